The lowest BCUT2D eigenvalue weighted by atomic mass is 9.82. The summed E-state index contributed by atoms with van der Waals surface area (Å²) in [5.41, 5.74) is 2.89. The lowest BCUT2D eigenvalue weighted by molar-refractivity contribution is -0.133. The number of hydrogen-bond donors (Lipinski definition) is 1. The second-order valence-electron chi connectivity index (χ2n) is 8.07. The monoisotopic (exact) mass is 468 g/mol. The summed E-state index contributed by atoms with van der Waals surface area (Å²) in [6.45, 7) is 2.15. The molecule has 0 radical (unpaired) electrons. The highest BCUT2D eigenvalue weighted by molar-refractivity contribution is 6.42. The molecule has 162 valence electrons. The first-order valence-corrected chi connectivity index (χ1v) is 11.0. The number of likely N-dealkylation sites (N-methyl/N-ethyl adjacent to an activating group) is 1. The number of hydrogen-bond acceptors (Lipinski definition) is 3. The molecule has 0 aromatic heterocycles. The highest BCUT2D eigenvalue weighted by Gasteiger charge is 2.39. The molecule has 0 unspecified atom stereocenters. The molecule has 1 aliphatic heterocycles. The van der Waals surface area contributed by atoms with E-state index in [4.69, 9.17) is 23.2 Å². The lowest BCUT2D eigenvalue weighted by Crippen LogP contribution is -2.48. The zero-order chi connectivity index (χ0) is 20.5. The number of likely N-dealkylation sites (tertiary alicyclic amines) is 1. The van der Waals surface area contributed by atoms with Crippen LogP contribution in [-0.4, -0.2) is 47.0 Å². The maximum Gasteiger partial charge on any atom is 0.227 e. The Hall–Kier alpha value is -1.46. The number of benzene rings is 2. The zero-order valence-corrected chi connectivity index (χ0v) is 19.3. The number of carbonyl (C=O) groups is 1. The van der Waals surface area contributed by atoms with Crippen molar-refractivity contribution in [1.29, 1.82) is 0 Å². The molecule has 1 fully saturated rings. The molecule has 1 amide bonds. The standard InChI is InChI=1S/C23H26Cl2N2O2.ClH/c1-26(22(29)14-15-7-9-18(24)19(25)13-15)23-17-5-4-6-21(28)16(17)8-10-20(23)27-11-2-3-12-27;/h4-7,9,13,20,23,28H,2-3,8,10-12,14H2,1H3;1H/t20-,23-;/m1./s1. The van der Waals surface area contributed by atoms with Crippen LogP contribution >= 0.6 is 35.6 Å². The Bertz CT molecular complexity index is 915. The largest absolute Gasteiger partial charge is 0.508 e. The van der Waals surface area contributed by atoms with Gasteiger partial charge in [0.1, 0.15) is 5.75 Å². The van der Waals surface area contributed by atoms with E-state index in [2.05, 4.69) is 11.0 Å². The van der Waals surface area contributed by atoms with E-state index < -0.39 is 0 Å². The van der Waals surface area contributed by atoms with E-state index in [1.54, 1.807) is 18.2 Å². The maximum absolute atomic E-state index is 13.2. The molecule has 2 aromatic carbocycles. The zero-order valence-electron chi connectivity index (χ0n) is 17.0. The van der Waals surface area contributed by atoms with Crippen molar-refractivity contribution in [2.75, 3.05) is 20.1 Å². The van der Waals surface area contributed by atoms with Gasteiger partial charge >= 0.3 is 0 Å². The predicted molar refractivity (Wildman–Crippen MR) is 124 cm³/mol. The van der Waals surface area contributed by atoms with E-state index in [1.165, 1.54) is 12.8 Å². The van der Waals surface area contributed by atoms with Crippen LogP contribution in [0.15, 0.2) is 36.4 Å². The summed E-state index contributed by atoms with van der Waals surface area (Å²) >= 11 is 12.1. The molecule has 2 aromatic rings. The van der Waals surface area contributed by atoms with Crippen molar-refractivity contribution in [3.63, 3.8) is 0 Å². The van der Waals surface area contributed by atoms with Crippen LogP contribution in [0, 0.1) is 0 Å². The van der Waals surface area contributed by atoms with Crippen molar-refractivity contribution in [3.8, 4) is 5.75 Å². The van der Waals surface area contributed by atoms with Crippen LogP contribution < -0.4 is 0 Å². The molecular weight excluding hydrogens is 443 g/mol. The number of amides is 1. The highest BCUT2D eigenvalue weighted by Crippen LogP contribution is 2.41. The van der Waals surface area contributed by atoms with E-state index in [9.17, 15) is 9.90 Å². The van der Waals surface area contributed by atoms with Crippen LogP contribution in [0.1, 0.15) is 42.0 Å². The van der Waals surface area contributed by atoms with E-state index in [0.29, 0.717) is 15.8 Å². The second-order valence-corrected chi connectivity index (χ2v) is 8.88. The average Bonchev–Trinajstić information content (AvgIpc) is 3.24. The molecule has 1 aliphatic carbocycles. The third-order valence-electron chi connectivity index (χ3n) is 6.32. The number of rotatable bonds is 4. The van der Waals surface area contributed by atoms with Gasteiger partial charge in [-0.1, -0.05) is 41.4 Å². The number of phenols is 1. The van der Waals surface area contributed by atoms with Gasteiger partial charge in [-0.3, -0.25) is 9.69 Å². The molecular formula is C23H27Cl3N2O2. The van der Waals surface area contributed by atoms with Crippen LogP contribution in [0.3, 0.4) is 0 Å². The Morgan fingerprint density at radius 1 is 1.17 bits per heavy atom. The van der Waals surface area contributed by atoms with Crippen LogP contribution in [0.5, 0.6) is 5.75 Å². The molecule has 7 heteroatoms. The summed E-state index contributed by atoms with van der Waals surface area (Å²) in [4.78, 5) is 17.6. The summed E-state index contributed by atoms with van der Waals surface area (Å²) in [6, 6.07) is 11.2. The van der Waals surface area contributed by atoms with Gasteiger partial charge in [-0.25, -0.2) is 0 Å². The van der Waals surface area contributed by atoms with E-state index in [-0.39, 0.29) is 36.8 Å². The molecule has 0 saturated carbocycles. The first kappa shape index (κ1) is 23.2. The number of halogens is 3. The van der Waals surface area contributed by atoms with Crippen molar-refractivity contribution in [2.45, 2.75) is 44.2 Å². The van der Waals surface area contributed by atoms with E-state index in [0.717, 1.165) is 42.6 Å². The molecule has 1 heterocycles. The Kier molecular flexibility index (Phi) is 7.56. The fraction of sp³-hybridized carbons (Fsp3) is 0.435. The molecule has 1 N–H and O–H groups in total. The normalized spacial score (nSPS) is 21.0. The van der Waals surface area contributed by atoms with Gasteiger partial charge in [-0.2, -0.15) is 0 Å². The van der Waals surface area contributed by atoms with Gasteiger partial charge in [0.05, 0.1) is 22.5 Å². The maximum atomic E-state index is 13.2. The van der Waals surface area contributed by atoms with Crippen LogP contribution in [-0.2, 0) is 17.6 Å². The van der Waals surface area contributed by atoms with E-state index in [1.807, 2.05) is 24.1 Å². The molecule has 0 bridgehead atoms. The summed E-state index contributed by atoms with van der Waals surface area (Å²) in [7, 11) is 1.88. The molecule has 1 saturated heterocycles. The van der Waals surface area contributed by atoms with Gasteiger partial charge < -0.3 is 10.0 Å². The fourth-order valence-electron chi connectivity index (χ4n) is 4.83. The minimum atomic E-state index is -0.0702. The van der Waals surface area contributed by atoms with Gasteiger partial charge in [0.25, 0.3) is 0 Å². The summed E-state index contributed by atoms with van der Waals surface area (Å²) in [6.07, 6.45) is 4.47. The first-order chi connectivity index (χ1) is 14.0. The second kappa shape index (κ2) is 9.78. The van der Waals surface area contributed by atoms with Crippen molar-refractivity contribution in [2.24, 2.45) is 0 Å². The van der Waals surface area contributed by atoms with Crippen molar-refractivity contribution in [1.82, 2.24) is 9.80 Å². The number of aromatic hydroxyl groups is 1. The molecule has 30 heavy (non-hydrogen) atoms. The van der Waals surface area contributed by atoms with Crippen LogP contribution in [0.4, 0.5) is 0 Å². The number of carbonyl (C=O) groups excluding carboxylic acids is 1. The summed E-state index contributed by atoms with van der Waals surface area (Å²) < 4.78 is 0. The highest BCUT2D eigenvalue weighted by atomic mass is 35.5. The van der Waals surface area contributed by atoms with Gasteiger partial charge in [0, 0.05) is 13.1 Å². The van der Waals surface area contributed by atoms with Crippen molar-refractivity contribution < 1.29 is 9.90 Å². The smallest absolute Gasteiger partial charge is 0.227 e. The minimum absolute atomic E-state index is 0. The minimum Gasteiger partial charge on any atom is -0.508 e. The average molecular weight is 470 g/mol. The van der Waals surface area contributed by atoms with Crippen molar-refractivity contribution >= 4 is 41.5 Å². The Morgan fingerprint density at radius 3 is 2.60 bits per heavy atom. The fourth-order valence-corrected chi connectivity index (χ4v) is 5.15. The molecule has 2 atom stereocenters. The van der Waals surface area contributed by atoms with Gasteiger partial charge in [-0.05, 0) is 73.7 Å². The third kappa shape index (κ3) is 4.57. The number of fused-ring (bicyclic) bond motifs is 1. The Labute approximate surface area is 194 Å². The van der Waals surface area contributed by atoms with E-state index >= 15 is 0 Å². The topological polar surface area (TPSA) is 43.8 Å². The molecule has 0 spiro atoms. The number of nitrogens with zero attached hydrogens (tertiary/aromatic N) is 2. The summed E-state index contributed by atoms with van der Waals surface area (Å²) in [5, 5.41) is 11.3. The van der Waals surface area contributed by atoms with Gasteiger partial charge in [0.15, 0.2) is 0 Å². The first-order valence-electron chi connectivity index (χ1n) is 10.2. The Balaban J connectivity index is 0.00000256. The SMILES string of the molecule is CN(C(=O)Cc1ccc(Cl)c(Cl)c1)[C@@H]1c2cccc(O)c2CC[C@H]1N1CCCC1.Cl. The van der Waals surface area contributed by atoms with Crippen LogP contribution in [0.2, 0.25) is 10.0 Å². The van der Waals surface area contributed by atoms with Gasteiger partial charge in [-0.15, -0.1) is 12.4 Å². The van der Waals surface area contributed by atoms with Crippen molar-refractivity contribution in [3.05, 3.63) is 63.1 Å². The lowest BCUT2D eigenvalue weighted by Gasteiger charge is -2.43. The number of phenolic OH excluding ortho intramolecular Hbond substituents is 1. The van der Waals surface area contributed by atoms with Crippen LogP contribution in [0.25, 0.3) is 0 Å². The molecule has 4 nitrogen and oxygen atoms in total. The third-order valence-corrected chi connectivity index (χ3v) is 7.06. The quantitative estimate of drug-likeness (QED) is 0.663. The van der Waals surface area contributed by atoms with Gasteiger partial charge in [0.2, 0.25) is 5.91 Å². The Morgan fingerprint density at radius 2 is 1.90 bits per heavy atom. The predicted octanol–water partition coefficient (Wildman–Crippen LogP) is 5.27. The molecule has 2 aliphatic rings. The summed E-state index contributed by atoms with van der Waals surface area (Å²) in [5.74, 6) is 0.367. The molecule has 4 rings (SSSR count).